The highest BCUT2D eigenvalue weighted by Gasteiger charge is 2.59. The van der Waals surface area contributed by atoms with Crippen LogP contribution in [-0.4, -0.2) is 116 Å². The summed E-state index contributed by atoms with van der Waals surface area (Å²) in [5, 5.41) is 0. The minimum Gasteiger partial charge on any atom is -0.454 e. The molecule has 0 bridgehead atoms. The van der Waals surface area contributed by atoms with Gasteiger partial charge in [-0.3, -0.25) is 8.98 Å². The summed E-state index contributed by atoms with van der Waals surface area (Å²) < 4.78 is 105. The van der Waals surface area contributed by atoms with Crippen molar-refractivity contribution in [3.05, 3.63) is 150 Å². The van der Waals surface area contributed by atoms with E-state index in [2.05, 4.69) is 6.58 Å². The van der Waals surface area contributed by atoms with E-state index in [9.17, 15) is 13.2 Å². The molecule has 11 atom stereocenters. The molecule has 3 saturated heterocycles. The summed E-state index contributed by atoms with van der Waals surface area (Å²) in [5.74, 6) is -0.649. The van der Waals surface area contributed by atoms with E-state index in [-0.39, 0.29) is 44.4 Å². The van der Waals surface area contributed by atoms with Crippen LogP contribution >= 0.6 is 0 Å². The third-order valence-corrected chi connectivity index (χ3v) is 13.5. The quantitative estimate of drug-likeness (QED) is 0.0411. The molecule has 3 aliphatic rings. The molecule has 0 radical (unpaired) electrons. The molecule has 4 aromatic rings. The zero-order valence-electron chi connectivity index (χ0n) is 39.1. The van der Waals surface area contributed by atoms with Crippen molar-refractivity contribution in [3.63, 3.8) is 0 Å². The Bertz CT molecular complexity index is 2240. The van der Waals surface area contributed by atoms with Gasteiger partial charge in [-0.15, -0.1) is 6.58 Å². The highest BCUT2D eigenvalue weighted by molar-refractivity contribution is 7.86. The van der Waals surface area contributed by atoms with Crippen LogP contribution in [0.25, 0.3) is 0 Å². The molecular formula is C52H64O15S. The Morgan fingerprint density at radius 1 is 0.735 bits per heavy atom. The van der Waals surface area contributed by atoms with Crippen molar-refractivity contribution in [1.29, 1.82) is 0 Å². The Kier molecular flexibility index (Phi) is 18.9. The lowest BCUT2D eigenvalue weighted by Gasteiger charge is -2.53. The second-order valence-corrected chi connectivity index (χ2v) is 18.6. The van der Waals surface area contributed by atoms with Gasteiger partial charge in [0.2, 0.25) is 0 Å². The number of esters is 1. The molecule has 0 aliphatic carbocycles. The third kappa shape index (κ3) is 13.5. The summed E-state index contributed by atoms with van der Waals surface area (Å²) in [4.78, 5) is 13.1. The minimum atomic E-state index is -4.21. The van der Waals surface area contributed by atoms with Gasteiger partial charge in [0.05, 0.1) is 37.9 Å². The van der Waals surface area contributed by atoms with Crippen molar-refractivity contribution in [3.8, 4) is 0 Å². The summed E-state index contributed by atoms with van der Waals surface area (Å²) in [7, 11) is -1.22. The topological polar surface area (TPSA) is 162 Å². The second kappa shape index (κ2) is 24.9. The Balaban J connectivity index is 1.27. The number of rotatable bonds is 23. The van der Waals surface area contributed by atoms with Crippen molar-refractivity contribution < 1.29 is 69.5 Å². The summed E-state index contributed by atoms with van der Waals surface area (Å²) in [5.41, 5.74) is 2.02. The van der Waals surface area contributed by atoms with E-state index in [1.807, 2.05) is 97.9 Å². The summed E-state index contributed by atoms with van der Waals surface area (Å²) in [6.07, 6.45) is -6.70. The number of carbonyl (C=O) groups is 1. The van der Waals surface area contributed by atoms with E-state index in [1.165, 1.54) is 39.4 Å². The van der Waals surface area contributed by atoms with Gasteiger partial charge in [0.15, 0.2) is 25.0 Å². The molecule has 7 rings (SSSR count). The maximum atomic E-state index is 13.5. The van der Waals surface area contributed by atoms with Crippen LogP contribution in [0.15, 0.2) is 133 Å². The van der Waals surface area contributed by atoms with E-state index < -0.39 is 83.3 Å². The number of hydrogen-bond acceptors (Lipinski definition) is 15. The van der Waals surface area contributed by atoms with Gasteiger partial charge in [-0.05, 0) is 55.0 Å². The van der Waals surface area contributed by atoms with Crippen LogP contribution in [0, 0.1) is 6.92 Å². The molecule has 16 heteroatoms. The first-order valence-electron chi connectivity index (χ1n) is 23.0. The molecule has 4 aromatic carbocycles. The fraction of sp³-hybridized carbons (Fsp3) is 0.481. The minimum absolute atomic E-state index is 0.00323. The number of hydrogen-bond donors (Lipinski definition) is 0. The molecular weight excluding hydrogens is 897 g/mol. The fourth-order valence-electron chi connectivity index (χ4n) is 8.65. The fourth-order valence-corrected chi connectivity index (χ4v) is 9.55. The van der Waals surface area contributed by atoms with Gasteiger partial charge in [-0.25, -0.2) is 0 Å². The van der Waals surface area contributed by atoms with Crippen molar-refractivity contribution in [2.45, 2.75) is 131 Å². The average molecular weight is 961 g/mol. The van der Waals surface area contributed by atoms with Crippen LogP contribution in [0.1, 0.15) is 54.9 Å². The zero-order chi connectivity index (χ0) is 47.9. The van der Waals surface area contributed by atoms with Crippen LogP contribution in [-0.2, 0) is 91.0 Å². The third-order valence-electron chi connectivity index (χ3n) is 12.2. The first kappa shape index (κ1) is 51.5. The van der Waals surface area contributed by atoms with Crippen molar-refractivity contribution >= 4 is 16.1 Å². The van der Waals surface area contributed by atoms with E-state index in [4.69, 9.17) is 56.3 Å². The standard InChI is InChI=1S/C52H64O15S/c1-6-52(29-31-62-68(54,55)41-27-25-36(2)26-28-41)49(65-43-24-16-17-30-59-43)46(56-4)48(63-37(3)53)51(67-52)66-44-42(35-58-32-38-18-10-7-11-19-38)64-50(57-5)47(61-34-40-22-14-9-15-23-40)45(44)60-33-39-20-12-8-13-21-39/h6-15,18-23,25-28,42-51H,1,16-17,24,29-35H2,2-5H3/t42-,43?,44-,45+,46-,47-,48+,49+,50+,51-,52-/m1/s1. The summed E-state index contributed by atoms with van der Waals surface area (Å²) >= 11 is 0. The zero-order valence-corrected chi connectivity index (χ0v) is 39.9. The van der Waals surface area contributed by atoms with Crippen LogP contribution in [0.5, 0.6) is 0 Å². The van der Waals surface area contributed by atoms with Crippen LogP contribution < -0.4 is 0 Å². The van der Waals surface area contributed by atoms with Gasteiger partial charge >= 0.3 is 5.97 Å². The number of ether oxygens (including phenoxy) is 11. The van der Waals surface area contributed by atoms with Gasteiger partial charge in [0.1, 0.15) is 42.2 Å². The molecule has 68 heavy (non-hydrogen) atoms. The molecule has 3 fully saturated rings. The molecule has 1 unspecified atom stereocenters. The SMILES string of the molecule is C=C[C@]1(CCOS(=O)(=O)c2ccc(C)cc2)O[C@@H](O[C@H]2[C@H](OCc3ccccc3)[C@@H](OCc3ccccc3)[C@@H](OC)O[C@@H]2COCc2ccccc2)[C@@H](OC(C)=O)[C@@H](OC)[C@@H]1OC1CCCCO1. The highest BCUT2D eigenvalue weighted by atomic mass is 32.2. The lowest BCUT2D eigenvalue weighted by Crippen LogP contribution is -2.69. The van der Waals surface area contributed by atoms with E-state index >= 15 is 0 Å². The van der Waals surface area contributed by atoms with Gasteiger partial charge in [0.25, 0.3) is 10.1 Å². The highest BCUT2D eigenvalue weighted by Crippen LogP contribution is 2.42. The average Bonchev–Trinajstić information content (AvgIpc) is 3.35. The molecule has 3 heterocycles. The Morgan fingerprint density at radius 3 is 1.91 bits per heavy atom. The Hall–Kier alpha value is -4.40. The van der Waals surface area contributed by atoms with Crippen LogP contribution in [0.4, 0.5) is 0 Å². The lowest BCUT2D eigenvalue weighted by molar-refractivity contribution is -0.386. The number of benzene rings is 4. The molecule has 368 valence electrons. The number of methoxy groups -OCH3 is 2. The van der Waals surface area contributed by atoms with Gasteiger partial charge in [-0.2, -0.15) is 8.42 Å². The van der Waals surface area contributed by atoms with Crippen molar-refractivity contribution in [2.75, 3.05) is 34.0 Å². The predicted octanol–water partition coefficient (Wildman–Crippen LogP) is 7.37. The molecule has 0 saturated carbocycles. The normalized spacial score (nSPS) is 28.7. The van der Waals surface area contributed by atoms with Gasteiger partial charge in [-0.1, -0.05) is 115 Å². The first-order valence-corrected chi connectivity index (χ1v) is 24.4. The molecule has 0 spiro atoms. The Morgan fingerprint density at radius 2 is 1.35 bits per heavy atom. The van der Waals surface area contributed by atoms with E-state index in [0.29, 0.717) is 13.0 Å². The molecule has 0 amide bonds. The largest absolute Gasteiger partial charge is 0.454 e. The lowest BCUT2D eigenvalue weighted by atomic mass is 9.83. The van der Waals surface area contributed by atoms with Crippen LogP contribution in [0.3, 0.4) is 0 Å². The second-order valence-electron chi connectivity index (χ2n) is 17.0. The maximum Gasteiger partial charge on any atom is 0.303 e. The van der Waals surface area contributed by atoms with Gasteiger partial charge in [0, 0.05) is 34.2 Å². The van der Waals surface area contributed by atoms with E-state index in [0.717, 1.165) is 35.1 Å². The summed E-state index contributed by atoms with van der Waals surface area (Å²) in [6.45, 7) is 7.99. The van der Waals surface area contributed by atoms with Crippen LogP contribution in [0.2, 0.25) is 0 Å². The smallest absolute Gasteiger partial charge is 0.303 e. The van der Waals surface area contributed by atoms with E-state index in [1.54, 1.807) is 12.1 Å². The summed E-state index contributed by atoms with van der Waals surface area (Å²) in [6, 6.07) is 35.4. The molecule has 0 aromatic heterocycles. The molecule has 0 N–H and O–H groups in total. The van der Waals surface area contributed by atoms with Gasteiger partial charge < -0.3 is 52.1 Å². The predicted molar refractivity (Wildman–Crippen MR) is 248 cm³/mol. The Labute approximate surface area is 399 Å². The molecule has 3 aliphatic heterocycles. The van der Waals surface area contributed by atoms with Crippen molar-refractivity contribution in [1.82, 2.24) is 0 Å². The monoisotopic (exact) mass is 960 g/mol. The number of carbonyl (C=O) groups excluding carboxylic acids is 1. The maximum absolute atomic E-state index is 13.5. The first-order chi connectivity index (χ1) is 33.0. The molecule has 15 nitrogen and oxygen atoms in total. The van der Waals surface area contributed by atoms with Crippen molar-refractivity contribution in [2.24, 2.45) is 0 Å². The number of aryl methyl sites for hydroxylation is 1.